The molecular weight excluding hydrogens is 274 g/mol. The summed E-state index contributed by atoms with van der Waals surface area (Å²) in [4.78, 5) is 0.311. The minimum absolute atomic E-state index is 0.0419. The zero-order valence-corrected chi connectivity index (χ0v) is 13.3. The molecule has 114 valence electrons. The second-order valence-corrected chi connectivity index (χ2v) is 7.93. The van der Waals surface area contributed by atoms with Crippen molar-refractivity contribution in [2.24, 2.45) is 24.6 Å². The van der Waals surface area contributed by atoms with Gasteiger partial charge < -0.3 is 10.3 Å². The van der Waals surface area contributed by atoms with Crippen LogP contribution < -0.4 is 10.5 Å². The standard InChI is InChI=1S/C14H25N3O2S/c1-10-4-11(2)6-12(5-10)16-20(18,19)14-7-13(8-15)17(3)9-14/h7,9-12,16H,4-6,8,15H2,1-3H3. The monoisotopic (exact) mass is 299 g/mol. The van der Waals surface area contributed by atoms with Gasteiger partial charge in [-0.1, -0.05) is 13.8 Å². The predicted octanol–water partition coefficient (Wildman–Crippen LogP) is 1.59. The first-order valence-corrected chi connectivity index (χ1v) is 8.67. The van der Waals surface area contributed by atoms with Crippen molar-refractivity contribution < 1.29 is 8.42 Å². The summed E-state index contributed by atoms with van der Waals surface area (Å²) >= 11 is 0. The highest BCUT2D eigenvalue weighted by Crippen LogP contribution is 2.29. The normalized spacial score (nSPS) is 27.7. The molecule has 20 heavy (non-hydrogen) atoms. The maximum absolute atomic E-state index is 12.4. The largest absolute Gasteiger partial charge is 0.352 e. The summed E-state index contributed by atoms with van der Waals surface area (Å²) in [6.07, 6.45) is 4.64. The van der Waals surface area contributed by atoms with E-state index in [2.05, 4.69) is 18.6 Å². The van der Waals surface area contributed by atoms with Crippen LogP contribution in [0.15, 0.2) is 17.2 Å². The lowest BCUT2D eigenvalue weighted by Gasteiger charge is -2.31. The van der Waals surface area contributed by atoms with Gasteiger partial charge in [-0.05, 0) is 37.2 Å². The summed E-state index contributed by atoms with van der Waals surface area (Å²) in [5.74, 6) is 1.14. The number of hydrogen-bond acceptors (Lipinski definition) is 3. The van der Waals surface area contributed by atoms with Gasteiger partial charge in [-0.15, -0.1) is 0 Å². The second kappa shape index (κ2) is 5.87. The number of aromatic nitrogens is 1. The molecule has 1 heterocycles. The van der Waals surface area contributed by atoms with Crippen LogP contribution in [-0.4, -0.2) is 19.0 Å². The van der Waals surface area contributed by atoms with Gasteiger partial charge in [0.25, 0.3) is 0 Å². The third-order valence-electron chi connectivity index (χ3n) is 4.10. The maximum Gasteiger partial charge on any atom is 0.242 e. The SMILES string of the molecule is CC1CC(C)CC(NS(=O)(=O)c2cc(CN)n(C)c2)C1. The number of hydrogen-bond donors (Lipinski definition) is 2. The summed E-state index contributed by atoms with van der Waals surface area (Å²) < 4.78 is 29.5. The number of nitrogens with one attached hydrogen (secondary N) is 1. The molecule has 0 aromatic carbocycles. The van der Waals surface area contributed by atoms with Crippen molar-refractivity contribution in [2.45, 2.75) is 50.6 Å². The Balaban J connectivity index is 2.14. The van der Waals surface area contributed by atoms with E-state index in [0.717, 1.165) is 18.5 Å². The third kappa shape index (κ3) is 3.42. The van der Waals surface area contributed by atoms with Gasteiger partial charge in [0.15, 0.2) is 0 Å². The molecule has 0 amide bonds. The molecule has 1 aromatic heterocycles. The van der Waals surface area contributed by atoms with Crippen molar-refractivity contribution in [3.8, 4) is 0 Å². The second-order valence-electron chi connectivity index (χ2n) is 6.22. The molecule has 0 saturated heterocycles. The third-order valence-corrected chi connectivity index (χ3v) is 5.59. The Hall–Kier alpha value is -0.850. The lowest BCUT2D eigenvalue weighted by Crippen LogP contribution is -2.39. The first kappa shape index (κ1) is 15.5. The fraction of sp³-hybridized carbons (Fsp3) is 0.714. The molecule has 6 heteroatoms. The molecular formula is C14H25N3O2S. The molecule has 0 radical (unpaired) electrons. The predicted molar refractivity (Wildman–Crippen MR) is 79.6 cm³/mol. The Kier molecular flexibility index (Phi) is 4.56. The maximum atomic E-state index is 12.4. The Bertz CT molecular complexity index is 555. The average molecular weight is 299 g/mol. The number of rotatable bonds is 4. The Labute approximate surface area is 121 Å². The van der Waals surface area contributed by atoms with Crippen LogP contribution in [0.4, 0.5) is 0 Å². The molecule has 1 aliphatic carbocycles. The topological polar surface area (TPSA) is 77.1 Å². The zero-order chi connectivity index (χ0) is 14.9. The average Bonchev–Trinajstić information content (AvgIpc) is 2.69. The van der Waals surface area contributed by atoms with E-state index in [1.54, 1.807) is 16.8 Å². The van der Waals surface area contributed by atoms with Crippen LogP contribution in [0.1, 0.15) is 38.8 Å². The minimum atomic E-state index is -3.44. The van der Waals surface area contributed by atoms with E-state index >= 15 is 0 Å². The van der Waals surface area contributed by atoms with E-state index < -0.39 is 10.0 Å². The number of sulfonamides is 1. The van der Waals surface area contributed by atoms with Crippen LogP contribution in [0.25, 0.3) is 0 Å². The van der Waals surface area contributed by atoms with Crippen molar-refractivity contribution in [2.75, 3.05) is 0 Å². The smallest absolute Gasteiger partial charge is 0.242 e. The first-order valence-electron chi connectivity index (χ1n) is 7.19. The summed E-state index contributed by atoms with van der Waals surface area (Å²) in [5.41, 5.74) is 6.41. The lowest BCUT2D eigenvalue weighted by atomic mass is 9.81. The molecule has 5 nitrogen and oxygen atoms in total. The molecule has 1 saturated carbocycles. The fourth-order valence-electron chi connectivity index (χ4n) is 3.26. The van der Waals surface area contributed by atoms with E-state index in [9.17, 15) is 8.42 Å². The van der Waals surface area contributed by atoms with Crippen LogP contribution in [0.5, 0.6) is 0 Å². The van der Waals surface area contributed by atoms with Gasteiger partial charge in [-0.2, -0.15) is 0 Å². The minimum Gasteiger partial charge on any atom is -0.352 e. The molecule has 0 spiro atoms. The van der Waals surface area contributed by atoms with Gasteiger partial charge >= 0.3 is 0 Å². The van der Waals surface area contributed by atoms with Crippen LogP contribution >= 0.6 is 0 Å². The Morgan fingerprint density at radius 2 is 1.90 bits per heavy atom. The zero-order valence-electron chi connectivity index (χ0n) is 12.5. The molecule has 2 rings (SSSR count). The molecule has 1 aliphatic rings. The van der Waals surface area contributed by atoms with E-state index in [1.807, 2.05) is 7.05 Å². The van der Waals surface area contributed by atoms with Crippen molar-refractivity contribution >= 4 is 10.0 Å². The molecule has 2 unspecified atom stereocenters. The van der Waals surface area contributed by atoms with Crippen molar-refractivity contribution in [3.63, 3.8) is 0 Å². The molecule has 1 aromatic rings. The van der Waals surface area contributed by atoms with Crippen LogP contribution in [0, 0.1) is 11.8 Å². The van der Waals surface area contributed by atoms with Gasteiger partial charge in [0.2, 0.25) is 10.0 Å². The molecule has 3 N–H and O–H groups in total. The van der Waals surface area contributed by atoms with Crippen LogP contribution in [0.3, 0.4) is 0 Å². The van der Waals surface area contributed by atoms with E-state index in [4.69, 9.17) is 5.73 Å². The quantitative estimate of drug-likeness (QED) is 0.886. The highest BCUT2D eigenvalue weighted by molar-refractivity contribution is 7.89. The number of nitrogens with two attached hydrogens (primary N) is 1. The van der Waals surface area contributed by atoms with Gasteiger partial charge in [0.1, 0.15) is 0 Å². The Morgan fingerprint density at radius 1 is 1.30 bits per heavy atom. The first-order chi connectivity index (χ1) is 9.31. The van der Waals surface area contributed by atoms with E-state index in [-0.39, 0.29) is 6.04 Å². The summed E-state index contributed by atoms with van der Waals surface area (Å²) in [6, 6.07) is 1.69. The van der Waals surface area contributed by atoms with Crippen molar-refractivity contribution in [1.82, 2.24) is 9.29 Å². The van der Waals surface area contributed by atoms with E-state index in [0.29, 0.717) is 23.3 Å². The van der Waals surface area contributed by atoms with Crippen LogP contribution in [-0.2, 0) is 23.6 Å². The molecule has 1 fully saturated rings. The van der Waals surface area contributed by atoms with Crippen molar-refractivity contribution in [3.05, 3.63) is 18.0 Å². The fourth-order valence-corrected chi connectivity index (χ4v) is 4.61. The summed E-state index contributed by atoms with van der Waals surface area (Å²) in [7, 11) is -1.63. The summed E-state index contributed by atoms with van der Waals surface area (Å²) in [6.45, 7) is 4.71. The number of nitrogens with zero attached hydrogens (tertiary/aromatic N) is 1. The Morgan fingerprint density at radius 3 is 2.40 bits per heavy atom. The van der Waals surface area contributed by atoms with E-state index in [1.165, 1.54) is 6.42 Å². The molecule has 0 aliphatic heterocycles. The van der Waals surface area contributed by atoms with Gasteiger partial charge in [0.05, 0.1) is 4.90 Å². The lowest BCUT2D eigenvalue weighted by molar-refractivity contribution is 0.257. The van der Waals surface area contributed by atoms with Crippen molar-refractivity contribution in [1.29, 1.82) is 0 Å². The highest BCUT2D eigenvalue weighted by atomic mass is 32.2. The number of aryl methyl sites for hydroxylation is 1. The van der Waals surface area contributed by atoms with Crippen LogP contribution in [0.2, 0.25) is 0 Å². The van der Waals surface area contributed by atoms with Gasteiger partial charge in [-0.25, -0.2) is 13.1 Å². The van der Waals surface area contributed by atoms with Gasteiger partial charge in [-0.3, -0.25) is 0 Å². The van der Waals surface area contributed by atoms with Gasteiger partial charge in [0, 0.05) is 31.5 Å². The molecule has 0 bridgehead atoms. The molecule has 2 atom stereocenters. The summed E-state index contributed by atoms with van der Waals surface area (Å²) in [5, 5.41) is 0. The highest BCUT2D eigenvalue weighted by Gasteiger charge is 2.28.